The number of aliphatic hydroxyl groups excluding tert-OH is 1. The van der Waals surface area contributed by atoms with Crippen LogP contribution in [0, 0.1) is 0 Å². The van der Waals surface area contributed by atoms with Gasteiger partial charge >= 0.3 is 0 Å². The van der Waals surface area contributed by atoms with Crippen molar-refractivity contribution in [3.05, 3.63) is 0 Å². The average Bonchev–Trinajstić information content (AvgIpc) is 2.54. The predicted molar refractivity (Wildman–Crippen MR) is 44.1 cm³/mol. The van der Waals surface area contributed by atoms with Gasteiger partial charge in [0.2, 0.25) is 0 Å². The summed E-state index contributed by atoms with van der Waals surface area (Å²) in [4.78, 5) is 11.2. The van der Waals surface area contributed by atoms with Crippen LogP contribution in [-0.4, -0.2) is 36.0 Å². The first-order valence-corrected chi connectivity index (χ1v) is 4.71. The number of carbonyl (C=O) groups excluding carboxylic acids is 1. The third-order valence-electron chi connectivity index (χ3n) is 2.74. The number of ether oxygens (including phenoxy) is 2. The summed E-state index contributed by atoms with van der Waals surface area (Å²) >= 11 is 0. The Morgan fingerprint density at radius 1 is 1.31 bits per heavy atom. The molecule has 1 N–H and O–H groups in total. The lowest BCUT2D eigenvalue weighted by atomic mass is 10.1. The molecule has 1 unspecified atom stereocenters. The Balaban J connectivity index is 2.04. The second kappa shape index (κ2) is 3.36. The normalized spacial score (nSPS) is 33.6. The molecular formula is C9H14O4. The van der Waals surface area contributed by atoms with Gasteiger partial charge in [-0.1, -0.05) is 0 Å². The molecular weight excluding hydrogens is 172 g/mol. The Hall–Kier alpha value is -0.450. The molecule has 1 spiro atoms. The van der Waals surface area contributed by atoms with E-state index in [-0.39, 0.29) is 5.78 Å². The third kappa shape index (κ3) is 1.75. The molecule has 2 fully saturated rings. The zero-order chi connectivity index (χ0) is 9.31. The second-order valence-corrected chi connectivity index (χ2v) is 3.63. The zero-order valence-corrected chi connectivity index (χ0v) is 7.49. The van der Waals surface area contributed by atoms with Crippen LogP contribution in [0.2, 0.25) is 0 Å². The summed E-state index contributed by atoms with van der Waals surface area (Å²) in [5.74, 6) is -0.649. The van der Waals surface area contributed by atoms with Crippen molar-refractivity contribution in [1.29, 1.82) is 0 Å². The molecule has 0 aromatic rings. The second-order valence-electron chi connectivity index (χ2n) is 3.63. The van der Waals surface area contributed by atoms with E-state index in [1.54, 1.807) is 0 Å². The Bertz CT molecular complexity index is 208. The van der Waals surface area contributed by atoms with Gasteiger partial charge in [-0.05, 0) is 6.42 Å². The first kappa shape index (κ1) is 9.12. The summed E-state index contributed by atoms with van der Waals surface area (Å²) in [5, 5.41) is 9.34. The van der Waals surface area contributed by atoms with E-state index in [2.05, 4.69) is 0 Å². The van der Waals surface area contributed by atoms with Gasteiger partial charge in [0.05, 0.1) is 13.2 Å². The molecule has 2 rings (SSSR count). The molecule has 1 saturated carbocycles. The van der Waals surface area contributed by atoms with Gasteiger partial charge in [0.15, 0.2) is 11.6 Å². The van der Waals surface area contributed by atoms with Crippen LogP contribution >= 0.6 is 0 Å². The minimum absolute atomic E-state index is 0.0871. The summed E-state index contributed by atoms with van der Waals surface area (Å²) in [6.45, 7) is 1.20. The van der Waals surface area contributed by atoms with Crippen molar-refractivity contribution in [3.63, 3.8) is 0 Å². The van der Waals surface area contributed by atoms with Crippen molar-refractivity contribution in [2.24, 2.45) is 0 Å². The Kier molecular flexibility index (Phi) is 2.36. The van der Waals surface area contributed by atoms with Gasteiger partial charge in [-0.3, -0.25) is 4.79 Å². The van der Waals surface area contributed by atoms with Crippen LogP contribution in [0.4, 0.5) is 0 Å². The number of aliphatic hydroxyl groups is 1. The lowest BCUT2D eigenvalue weighted by Crippen LogP contribution is -2.29. The van der Waals surface area contributed by atoms with Gasteiger partial charge in [-0.2, -0.15) is 0 Å². The third-order valence-corrected chi connectivity index (χ3v) is 2.74. The fourth-order valence-corrected chi connectivity index (χ4v) is 1.91. The highest BCUT2D eigenvalue weighted by Gasteiger charge is 2.40. The zero-order valence-electron chi connectivity index (χ0n) is 7.49. The smallest absolute Gasteiger partial charge is 0.169 e. The first-order chi connectivity index (χ1) is 6.22. The number of rotatable bonds is 0. The lowest BCUT2D eigenvalue weighted by Gasteiger charge is -2.24. The number of Topliss-reactive ketones (excluding diaryl/α,β-unsaturated/α-hetero) is 1. The van der Waals surface area contributed by atoms with Gasteiger partial charge in [0, 0.05) is 19.3 Å². The minimum atomic E-state index is -0.813. The van der Waals surface area contributed by atoms with E-state index < -0.39 is 11.9 Å². The molecule has 74 valence electrons. The van der Waals surface area contributed by atoms with Crippen LogP contribution in [0.25, 0.3) is 0 Å². The van der Waals surface area contributed by atoms with Crippen LogP contribution in [0.15, 0.2) is 0 Å². The van der Waals surface area contributed by atoms with Crippen LogP contribution < -0.4 is 0 Å². The number of ketones is 1. The highest BCUT2D eigenvalue weighted by Crippen LogP contribution is 2.33. The van der Waals surface area contributed by atoms with Crippen LogP contribution in [-0.2, 0) is 14.3 Å². The highest BCUT2D eigenvalue weighted by molar-refractivity contribution is 5.83. The molecule has 13 heavy (non-hydrogen) atoms. The van der Waals surface area contributed by atoms with E-state index in [1.807, 2.05) is 0 Å². The standard InChI is InChI=1S/C9H14O4/c10-7-1-3-9(4-2-8(7)11)12-5-6-13-9/h7,10H,1-6H2. The number of hydrogen-bond acceptors (Lipinski definition) is 4. The van der Waals surface area contributed by atoms with E-state index in [9.17, 15) is 9.90 Å². The van der Waals surface area contributed by atoms with E-state index in [0.29, 0.717) is 38.9 Å². The van der Waals surface area contributed by atoms with E-state index >= 15 is 0 Å². The molecule has 0 amide bonds. The summed E-state index contributed by atoms with van der Waals surface area (Å²) in [7, 11) is 0. The Morgan fingerprint density at radius 3 is 2.69 bits per heavy atom. The Morgan fingerprint density at radius 2 is 2.00 bits per heavy atom. The summed E-state index contributed by atoms with van der Waals surface area (Å²) in [5.41, 5.74) is 0. The maximum Gasteiger partial charge on any atom is 0.169 e. The van der Waals surface area contributed by atoms with Crippen molar-refractivity contribution in [2.45, 2.75) is 37.6 Å². The summed E-state index contributed by atoms with van der Waals surface area (Å²) < 4.78 is 10.9. The SMILES string of the molecule is O=C1CCC2(CCC1O)OCCO2. The first-order valence-electron chi connectivity index (χ1n) is 4.71. The van der Waals surface area contributed by atoms with Crippen molar-refractivity contribution in [3.8, 4) is 0 Å². The maximum absolute atomic E-state index is 11.2. The van der Waals surface area contributed by atoms with Gasteiger partial charge in [0.1, 0.15) is 6.10 Å². The van der Waals surface area contributed by atoms with Crippen LogP contribution in [0.1, 0.15) is 25.7 Å². The molecule has 4 heteroatoms. The molecule has 4 nitrogen and oxygen atoms in total. The van der Waals surface area contributed by atoms with Gasteiger partial charge in [-0.25, -0.2) is 0 Å². The van der Waals surface area contributed by atoms with E-state index in [0.717, 1.165) is 0 Å². The molecule has 1 aliphatic heterocycles. The molecule has 0 aromatic carbocycles. The molecule has 0 bridgehead atoms. The molecule has 1 atom stereocenters. The number of carbonyl (C=O) groups is 1. The van der Waals surface area contributed by atoms with Gasteiger partial charge in [-0.15, -0.1) is 0 Å². The van der Waals surface area contributed by atoms with Gasteiger partial charge < -0.3 is 14.6 Å². The lowest BCUT2D eigenvalue weighted by molar-refractivity contribution is -0.166. The largest absolute Gasteiger partial charge is 0.385 e. The summed E-state index contributed by atoms with van der Waals surface area (Å²) in [6, 6.07) is 0. The predicted octanol–water partition coefficient (Wildman–Crippen LogP) is 0.233. The van der Waals surface area contributed by atoms with E-state index in [4.69, 9.17) is 9.47 Å². The maximum atomic E-state index is 11.2. The molecule has 1 heterocycles. The summed E-state index contributed by atoms with van der Waals surface area (Å²) in [6.07, 6.45) is 1.22. The molecule has 2 aliphatic rings. The average molecular weight is 186 g/mol. The Labute approximate surface area is 76.8 Å². The molecule has 0 radical (unpaired) electrons. The monoisotopic (exact) mass is 186 g/mol. The molecule has 0 aromatic heterocycles. The molecule has 1 aliphatic carbocycles. The van der Waals surface area contributed by atoms with Crippen LogP contribution in [0.5, 0.6) is 0 Å². The minimum Gasteiger partial charge on any atom is -0.385 e. The topological polar surface area (TPSA) is 55.8 Å². The quantitative estimate of drug-likeness (QED) is 0.588. The fourth-order valence-electron chi connectivity index (χ4n) is 1.91. The highest BCUT2D eigenvalue weighted by atomic mass is 16.7. The van der Waals surface area contributed by atoms with Crippen LogP contribution in [0.3, 0.4) is 0 Å². The number of hydrogen-bond donors (Lipinski definition) is 1. The van der Waals surface area contributed by atoms with Crippen molar-refractivity contribution < 1.29 is 19.4 Å². The fraction of sp³-hybridized carbons (Fsp3) is 0.889. The van der Waals surface area contributed by atoms with Crippen molar-refractivity contribution >= 4 is 5.78 Å². The van der Waals surface area contributed by atoms with E-state index in [1.165, 1.54) is 0 Å². The van der Waals surface area contributed by atoms with Gasteiger partial charge in [0.25, 0.3) is 0 Å². The molecule has 1 saturated heterocycles. The van der Waals surface area contributed by atoms with Crippen molar-refractivity contribution in [2.75, 3.05) is 13.2 Å². The van der Waals surface area contributed by atoms with Crippen molar-refractivity contribution in [1.82, 2.24) is 0 Å².